The van der Waals surface area contributed by atoms with E-state index in [4.69, 9.17) is 0 Å². The van der Waals surface area contributed by atoms with Crippen LogP contribution < -0.4 is 4.90 Å². The van der Waals surface area contributed by atoms with Gasteiger partial charge < -0.3 is 4.90 Å². The Balaban J connectivity index is 2.49. The first-order valence-corrected chi connectivity index (χ1v) is 5.11. The number of aryl methyl sites for hydroxylation is 1. The van der Waals surface area contributed by atoms with E-state index in [0.717, 1.165) is 23.6 Å². The number of hydrogen-bond acceptors (Lipinski definition) is 4. The van der Waals surface area contributed by atoms with Crippen molar-refractivity contribution in [1.82, 2.24) is 19.6 Å². The normalized spacial score (nSPS) is 10.7. The van der Waals surface area contributed by atoms with E-state index in [1.165, 1.54) is 6.33 Å². The number of nitrogens with zero attached hydrogens (tertiary/aromatic N) is 5. The van der Waals surface area contributed by atoms with Crippen LogP contribution >= 0.6 is 0 Å². The van der Waals surface area contributed by atoms with Gasteiger partial charge in [-0.05, 0) is 13.8 Å². The van der Waals surface area contributed by atoms with Crippen LogP contribution in [0.1, 0.15) is 12.6 Å². The average Bonchev–Trinajstić information content (AvgIpc) is 2.62. The Morgan fingerprint density at radius 1 is 1.56 bits per heavy atom. The van der Waals surface area contributed by atoms with Crippen LogP contribution in [0.15, 0.2) is 24.5 Å². The number of hydrogen-bond donors (Lipinski definition) is 0. The Kier molecular flexibility index (Phi) is 2.60. The highest BCUT2D eigenvalue weighted by atomic mass is 15.4. The predicted molar refractivity (Wildman–Crippen MR) is 63.6 cm³/mol. The van der Waals surface area contributed by atoms with E-state index in [1.807, 2.05) is 27.0 Å². The van der Waals surface area contributed by atoms with E-state index >= 15 is 0 Å². The van der Waals surface area contributed by atoms with Crippen LogP contribution in [0.3, 0.4) is 0 Å². The summed E-state index contributed by atoms with van der Waals surface area (Å²) in [6.07, 6.45) is 1.51. The van der Waals surface area contributed by atoms with Gasteiger partial charge in [-0.15, -0.1) is 0 Å². The number of aromatic nitrogens is 4. The lowest BCUT2D eigenvalue weighted by atomic mass is 10.3. The molecule has 0 N–H and O–H groups in total. The second kappa shape index (κ2) is 3.92. The SMILES string of the molecule is C=C(C)CN(C)c1cc(C)nc2ncnn12. The Bertz CT molecular complexity index is 528. The van der Waals surface area contributed by atoms with Gasteiger partial charge in [0.25, 0.3) is 5.78 Å². The third kappa shape index (κ3) is 1.88. The van der Waals surface area contributed by atoms with Gasteiger partial charge in [0.1, 0.15) is 12.1 Å². The second-order valence-corrected chi connectivity index (χ2v) is 4.04. The van der Waals surface area contributed by atoms with E-state index in [1.54, 1.807) is 4.52 Å². The molecule has 2 heterocycles. The Morgan fingerprint density at radius 3 is 3.00 bits per heavy atom. The molecule has 2 rings (SSSR count). The van der Waals surface area contributed by atoms with Crippen LogP contribution in [0, 0.1) is 6.92 Å². The standard InChI is InChI=1S/C11H15N5/c1-8(2)6-15(4)10-5-9(3)14-11-12-7-13-16(10)11/h5,7H,1,6H2,2-4H3. The largest absolute Gasteiger partial charge is 0.355 e. The van der Waals surface area contributed by atoms with Crippen molar-refractivity contribution in [2.45, 2.75) is 13.8 Å². The Morgan fingerprint density at radius 2 is 2.31 bits per heavy atom. The van der Waals surface area contributed by atoms with Crippen molar-refractivity contribution in [3.63, 3.8) is 0 Å². The lowest BCUT2D eigenvalue weighted by Crippen LogP contribution is -2.22. The molecule has 84 valence electrons. The summed E-state index contributed by atoms with van der Waals surface area (Å²) in [4.78, 5) is 10.5. The van der Waals surface area contributed by atoms with Gasteiger partial charge in [0, 0.05) is 25.4 Å². The monoisotopic (exact) mass is 217 g/mol. The summed E-state index contributed by atoms with van der Waals surface area (Å²) in [6, 6.07) is 1.99. The molecule has 16 heavy (non-hydrogen) atoms. The van der Waals surface area contributed by atoms with Crippen molar-refractivity contribution >= 4 is 11.6 Å². The third-order valence-corrected chi connectivity index (χ3v) is 2.26. The topological polar surface area (TPSA) is 46.3 Å². The summed E-state index contributed by atoms with van der Waals surface area (Å²) in [5, 5.41) is 4.16. The molecule has 5 nitrogen and oxygen atoms in total. The maximum atomic E-state index is 4.30. The predicted octanol–water partition coefficient (Wildman–Crippen LogP) is 1.45. The molecule has 2 aromatic rings. The van der Waals surface area contributed by atoms with Gasteiger partial charge in [0.2, 0.25) is 0 Å². The quantitative estimate of drug-likeness (QED) is 0.730. The van der Waals surface area contributed by atoms with Gasteiger partial charge in [0.15, 0.2) is 0 Å². The Hall–Kier alpha value is -1.91. The first kappa shape index (κ1) is 10.6. The van der Waals surface area contributed by atoms with Crippen LogP contribution in [-0.4, -0.2) is 33.2 Å². The molecule has 0 unspecified atom stereocenters. The minimum Gasteiger partial charge on any atom is -0.355 e. The molecule has 0 atom stereocenters. The molecule has 0 amide bonds. The highest BCUT2D eigenvalue weighted by Gasteiger charge is 2.09. The average molecular weight is 217 g/mol. The fraction of sp³-hybridized carbons (Fsp3) is 0.364. The fourth-order valence-electron chi connectivity index (χ4n) is 1.67. The minimum atomic E-state index is 0.628. The molecule has 0 aliphatic carbocycles. The Labute approximate surface area is 94.4 Å². The van der Waals surface area contributed by atoms with Crippen molar-refractivity contribution in [2.24, 2.45) is 0 Å². The summed E-state index contributed by atoms with van der Waals surface area (Å²) < 4.78 is 1.73. The molecule has 0 aromatic carbocycles. The fourth-order valence-corrected chi connectivity index (χ4v) is 1.67. The lowest BCUT2D eigenvalue weighted by Gasteiger charge is -2.19. The van der Waals surface area contributed by atoms with Crippen LogP contribution in [0.4, 0.5) is 5.82 Å². The molecule has 2 aromatic heterocycles. The van der Waals surface area contributed by atoms with E-state index < -0.39 is 0 Å². The van der Waals surface area contributed by atoms with Gasteiger partial charge in [-0.1, -0.05) is 12.2 Å². The van der Waals surface area contributed by atoms with E-state index in [-0.39, 0.29) is 0 Å². The lowest BCUT2D eigenvalue weighted by molar-refractivity contribution is 0.855. The minimum absolute atomic E-state index is 0.628. The molecule has 0 aliphatic rings. The molecule has 5 heteroatoms. The molecule has 0 bridgehead atoms. The maximum Gasteiger partial charge on any atom is 0.254 e. The summed E-state index contributed by atoms with van der Waals surface area (Å²) in [7, 11) is 2.00. The molecule has 0 saturated carbocycles. The first-order chi connectivity index (χ1) is 7.58. The molecule has 0 fully saturated rings. The van der Waals surface area contributed by atoms with E-state index in [0.29, 0.717) is 5.78 Å². The number of rotatable bonds is 3. The number of fused-ring (bicyclic) bond motifs is 1. The molecule has 0 spiro atoms. The van der Waals surface area contributed by atoms with Crippen molar-refractivity contribution in [2.75, 3.05) is 18.5 Å². The van der Waals surface area contributed by atoms with Gasteiger partial charge in [-0.2, -0.15) is 14.6 Å². The highest BCUT2D eigenvalue weighted by Crippen LogP contribution is 2.14. The smallest absolute Gasteiger partial charge is 0.254 e. The zero-order chi connectivity index (χ0) is 11.7. The van der Waals surface area contributed by atoms with Gasteiger partial charge in [0.05, 0.1) is 0 Å². The second-order valence-electron chi connectivity index (χ2n) is 4.04. The van der Waals surface area contributed by atoms with Crippen molar-refractivity contribution in [3.05, 3.63) is 30.2 Å². The zero-order valence-electron chi connectivity index (χ0n) is 9.80. The number of likely N-dealkylation sites (N-methyl/N-ethyl adjacent to an activating group) is 1. The summed E-state index contributed by atoms with van der Waals surface area (Å²) in [5.41, 5.74) is 2.04. The maximum absolute atomic E-state index is 4.30. The molecule has 0 radical (unpaired) electrons. The summed E-state index contributed by atoms with van der Waals surface area (Å²) in [5.74, 6) is 1.60. The van der Waals surface area contributed by atoms with Crippen LogP contribution in [0.2, 0.25) is 0 Å². The summed E-state index contributed by atoms with van der Waals surface area (Å²) >= 11 is 0. The van der Waals surface area contributed by atoms with Crippen molar-refractivity contribution in [3.8, 4) is 0 Å². The molecule has 0 aliphatic heterocycles. The van der Waals surface area contributed by atoms with Crippen LogP contribution in [0.25, 0.3) is 5.78 Å². The van der Waals surface area contributed by atoms with Crippen LogP contribution in [0.5, 0.6) is 0 Å². The van der Waals surface area contributed by atoms with Crippen molar-refractivity contribution < 1.29 is 0 Å². The van der Waals surface area contributed by atoms with E-state index in [2.05, 4.69) is 26.5 Å². The van der Waals surface area contributed by atoms with Gasteiger partial charge >= 0.3 is 0 Å². The van der Waals surface area contributed by atoms with Crippen molar-refractivity contribution in [1.29, 1.82) is 0 Å². The zero-order valence-corrected chi connectivity index (χ0v) is 9.80. The molecule has 0 saturated heterocycles. The van der Waals surface area contributed by atoms with Gasteiger partial charge in [-0.3, -0.25) is 0 Å². The first-order valence-electron chi connectivity index (χ1n) is 5.11. The molecular formula is C11H15N5. The molecular weight excluding hydrogens is 202 g/mol. The summed E-state index contributed by atoms with van der Waals surface area (Å²) in [6.45, 7) is 8.65. The van der Waals surface area contributed by atoms with Crippen LogP contribution in [-0.2, 0) is 0 Å². The number of anilines is 1. The van der Waals surface area contributed by atoms with Gasteiger partial charge in [-0.25, -0.2) is 4.98 Å². The third-order valence-electron chi connectivity index (χ3n) is 2.26. The highest BCUT2D eigenvalue weighted by molar-refractivity contribution is 5.47. The van der Waals surface area contributed by atoms with E-state index in [9.17, 15) is 0 Å².